The first-order chi connectivity index (χ1) is 8.17. The number of hydrogen-bond acceptors (Lipinski definition) is 4. The van der Waals surface area contributed by atoms with Crippen molar-refractivity contribution in [3.05, 3.63) is 24.0 Å². The predicted molar refractivity (Wildman–Crippen MR) is 67.2 cm³/mol. The second-order valence-corrected chi connectivity index (χ2v) is 3.84. The van der Waals surface area contributed by atoms with Crippen LogP contribution in [0.2, 0.25) is 0 Å². The van der Waals surface area contributed by atoms with Crippen LogP contribution in [0.25, 0.3) is 0 Å². The number of hydrogen-bond donors (Lipinski definition) is 2. The monoisotopic (exact) mass is 237 g/mol. The number of pyridine rings is 1. The molecule has 1 amide bonds. The Hall–Kier alpha value is -1.62. The molecule has 0 aliphatic rings. The van der Waals surface area contributed by atoms with E-state index in [4.69, 9.17) is 4.74 Å². The average Bonchev–Trinajstić information content (AvgIpc) is 2.36. The summed E-state index contributed by atoms with van der Waals surface area (Å²) >= 11 is 0. The summed E-state index contributed by atoms with van der Waals surface area (Å²) < 4.78 is 4.96. The molecule has 0 fully saturated rings. The highest BCUT2D eigenvalue weighted by Crippen LogP contribution is 2.07. The number of nitrogens with zero attached hydrogens (tertiary/aromatic N) is 1. The second-order valence-electron chi connectivity index (χ2n) is 3.84. The first-order valence-electron chi connectivity index (χ1n) is 5.61. The lowest BCUT2D eigenvalue weighted by molar-refractivity contribution is 0.0924. The summed E-state index contributed by atoms with van der Waals surface area (Å²) in [4.78, 5) is 15.9. The maximum Gasteiger partial charge on any atom is 0.270 e. The van der Waals surface area contributed by atoms with E-state index in [0.717, 1.165) is 12.1 Å². The lowest BCUT2D eigenvalue weighted by atomic mass is 10.2. The zero-order valence-electron chi connectivity index (χ0n) is 10.5. The molecular formula is C12H19N3O2. The van der Waals surface area contributed by atoms with Crippen molar-refractivity contribution in [1.82, 2.24) is 10.3 Å². The molecule has 94 valence electrons. The van der Waals surface area contributed by atoms with Gasteiger partial charge in [0, 0.05) is 38.7 Å². The third-order valence-corrected chi connectivity index (χ3v) is 2.41. The Morgan fingerprint density at radius 2 is 2.35 bits per heavy atom. The molecule has 5 heteroatoms. The zero-order chi connectivity index (χ0) is 12.7. The normalized spacial score (nSPS) is 11.9. The molecule has 2 N–H and O–H groups in total. The average molecular weight is 237 g/mol. The number of anilines is 1. The molecule has 1 rings (SSSR count). The molecule has 0 radical (unpaired) electrons. The third kappa shape index (κ3) is 4.40. The summed E-state index contributed by atoms with van der Waals surface area (Å²) in [6, 6.07) is 3.60. The van der Waals surface area contributed by atoms with Crippen molar-refractivity contribution in [2.24, 2.45) is 0 Å². The highest BCUT2D eigenvalue weighted by Gasteiger charge is 2.10. The van der Waals surface area contributed by atoms with Gasteiger partial charge in [-0.05, 0) is 25.5 Å². The summed E-state index contributed by atoms with van der Waals surface area (Å²) in [5.74, 6) is -0.161. The van der Waals surface area contributed by atoms with E-state index in [2.05, 4.69) is 15.6 Å². The van der Waals surface area contributed by atoms with Crippen LogP contribution in [0.1, 0.15) is 23.8 Å². The molecule has 0 aliphatic heterocycles. The summed E-state index contributed by atoms with van der Waals surface area (Å²) in [6.07, 6.45) is 2.40. The predicted octanol–water partition coefficient (Wildman–Crippen LogP) is 1.28. The van der Waals surface area contributed by atoms with Crippen LogP contribution < -0.4 is 10.6 Å². The fourth-order valence-electron chi connectivity index (χ4n) is 1.37. The van der Waals surface area contributed by atoms with Crippen LogP contribution in [-0.2, 0) is 4.74 Å². The number of methoxy groups -OCH3 is 1. The van der Waals surface area contributed by atoms with Crippen molar-refractivity contribution >= 4 is 11.6 Å². The van der Waals surface area contributed by atoms with E-state index in [1.54, 1.807) is 26.4 Å². The minimum absolute atomic E-state index is 0.0718. The minimum atomic E-state index is -0.161. The SMILES string of the molecule is CNc1ccnc(C(=O)NC(C)CCOC)c1. The van der Waals surface area contributed by atoms with Gasteiger partial charge in [0.1, 0.15) is 5.69 Å². The van der Waals surface area contributed by atoms with E-state index in [-0.39, 0.29) is 11.9 Å². The molecule has 5 nitrogen and oxygen atoms in total. The smallest absolute Gasteiger partial charge is 0.270 e. The van der Waals surface area contributed by atoms with E-state index in [0.29, 0.717) is 12.3 Å². The molecule has 0 saturated carbocycles. The van der Waals surface area contributed by atoms with Gasteiger partial charge >= 0.3 is 0 Å². The van der Waals surface area contributed by atoms with Crippen LogP contribution in [0.15, 0.2) is 18.3 Å². The van der Waals surface area contributed by atoms with Gasteiger partial charge in [-0.25, -0.2) is 0 Å². The number of rotatable bonds is 6. The Balaban J connectivity index is 2.56. The molecule has 1 aromatic heterocycles. The fourth-order valence-corrected chi connectivity index (χ4v) is 1.37. The van der Waals surface area contributed by atoms with Crippen molar-refractivity contribution in [3.8, 4) is 0 Å². The van der Waals surface area contributed by atoms with Crippen molar-refractivity contribution in [3.63, 3.8) is 0 Å². The summed E-state index contributed by atoms with van der Waals surface area (Å²) in [5, 5.41) is 5.84. The van der Waals surface area contributed by atoms with Crippen LogP contribution in [-0.4, -0.2) is 37.7 Å². The highest BCUT2D eigenvalue weighted by atomic mass is 16.5. The molecular weight excluding hydrogens is 218 g/mol. The lowest BCUT2D eigenvalue weighted by Crippen LogP contribution is -2.33. The largest absolute Gasteiger partial charge is 0.388 e. The molecule has 0 aromatic carbocycles. The summed E-state index contributed by atoms with van der Waals surface area (Å²) in [6.45, 7) is 2.57. The van der Waals surface area contributed by atoms with Crippen molar-refractivity contribution in [1.29, 1.82) is 0 Å². The number of amides is 1. The Kier molecular flexibility index (Phi) is 5.42. The third-order valence-electron chi connectivity index (χ3n) is 2.41. The molecule has 0 spiro atoms. The molecule has 1 atom stereocenters. The molecule has 17 heavy (non-hydrogen) atoms. The first-order valence-corrected chi connectivity index (χ1v) is 5.61. The number of aromatic nitrogens is 1. The first kappa shape index (κ1) is 13.4. The van der Waals surface area contributed by atoms with Crippen molar-refractivity contribution < 1.29 is 9.53 Å². The number of carbonyl (C=O) groups is 1. The topological polar surface area (TPSA) is 63.2 Å². The molecule has 1 unspecified atom stereocenters. The van der Waals surface area contributed by atoms with Gasteiger partial charge in [-0.15, -0.1) is 0 Å². The number of ether oxygens (including phenoxy) is 1. The summed E-state index contributed by atoms with van der Waals surface area (Å²) in [5.41, 5.74) is 1.29. The van der Waals surface area contributed by atoms with E-state index >= 15 is 0 Å². The molecule has 0 aliphatic carbocycles. The molecule has 1 aromatic rings. The van der Waals surface area contributed by atoms with Gasteiger partial charge in [-0.2, -0.15) is 0 Å². The van der Waals surface area contributed by atoms with Crippen LogP contribution >= 0.6 is 0 Å². The zero-order valence-corrected chi connectivity index (χ0v) is 10.5. The van der Waals surface area contributed by atoms with Crippen molar-refractivity contribution in [2.45, 2.75) is 19.4 Å². The molecule has 0 saturated heterocycles. The fraction of sp³-hybridized carbons (Fsp3) is 0.500. The van der Waals surface area contributed by atoms with E-state index < -0.39 is 0 Å². The Labute approximate surface area is 102 Å². The molecule has 0 bridgehead atoms. The molecule has 1 heterocycles. The van der Waals surface area contributed by atoms with Gasteiger partial charge in [0.05, 0.1) is 0 Å². The standard InChI is InChI=1S/C12H19N3O2/c1-9(5-7-17-3)15-12(16)11-8-10(13-2)4-6-14-11/h4,6,8-9H,5,7H2,1-3H3,(H,13,14)(H,15,16). The van der Waals surface area contributed by atoms with Crippen LogP contribution in [0, 0.1) is 0 Å². The van der Waals surface area contributed by atoms with E-state index in [1.165, 1.54) is 0 Å². The Bertz CT molecular complexity index is 369. The lowest BCUT2D eigenvalue weighted by Gasteiger charge is -2.13. The Morgan fingerprint density at radius 3 is 3.00 bits per heavy atom. The highest BCUT2D eigenvalue weighted by molar-refractivity contribution is 5.93. The van der Waals surface area contributed by atoms with Crippen LogP contribution in [0.3, 0.4) is 0 Å². The van der Waals surface area contributed by atoms with Crippen molar-refractivity contribution in [2.75, 3.05) is 26.1 Å². The van der Waals surface area contributed by atoms with Gasteiger partial charge in [0.15, 0.2) is 0 Å². The van der Waals surface area contributed by atoms with Crippen LogP contribution in [0.4, 0.5) is 5.69 Å². The van der Waals surface area contributed by atoms with Gasteiger partial charge in [0.25, 0.3) is 5.91 Å². The second kappa shape index (κ2) is 6.85. The van der Waals surface area contributed by atoms with E-state index in [9.17, 15) is 4.79 Å². The maximum absolute atomic E-state index is 11.8. The Morgan fingerprint density at radius 1 is 1.59 bits per heavy atom. The maximum atomic E-state index is 11.8. The van der Waals surface area contributed by atoms with Gasteiger partial charge < -0.3 is 15.4 Å². The van der Waals surface area contributed by atoms with E-state index in [1.807, 2.05) is 13.0 Å². The number of carbonyl (C=O) groups excluding carboxylic acids is 1. The van der Waals surface area contributed by atoms with Crippen LogP contribution in [0.5, 0.6) is 0 Å². The minimum Gasteiger partial charge on any atom is -0.388 e. The summed E-state index contributed by atoms with van der Waals surface area (Å²) in [7, 11) is 3.45. The number of nitrogens with one attached hydrogen (secondary N) is 2. The van der Waals surface area contributed by atoms with Gasteiger partial charge in [-0.1, -0.05) is 0 Å². The van der Waals surface area contributed by atoms with Gasteiger partial charge in [0.2, 0.25) is 0 Å². The quantitative estimate of drug-likeness (QED) is 0.782. The van der Waals surface area contributed by atoms with Gasteiger partial charge in [-0.3, -0.25) is 9.78 Å².